The first-order valence-electron chi connectivity index (χ1n) is 3.86. The third-order valence-corrected chi connectivity index (χ3v) is 2.03. The van der Waals surface area contributed by atoms with E-state index in [-0.39, 0.29) is 0 Å². The maximum Gasteiger partial charge on any atom is 0.187 e. The van der Waals surface area contributed by atoms with Gasteiger partial charge in [0.25, 0.3) is 0 Å². The lowest BCUT2D eigenvalue weighted by Crippen LogP contribution is -2.10. The number of fused-ring (bicyclic) bond motifs is 1. The third-order valence-electron chi connectivity index (χ3n) is 2.03. The van der Waals surface area contributed by atoms with Crippen LogP contribution < -0.4 is 0 Å². The monoisotopic (exact) mass is 160 g/mol. The molecule has 0 aromatic heterocycles. The Morgan fingerprint density at radius 1 is 1.50 bits per heavy atom. The zero-order chi connectivity index (χ0) is 8.39. The SMILES string of the molecule is O=C=C1CC2C=CC=CC2=CO1. The average molecular weight is 160 g/mol. The van der Waals surface area contributed by atoms with Gasteiger partial charge in [-0.1, -0.05) is 24.3 Å². The molecule has 0 amide bonds. The molecule has 1 unspecified atom stereocenters. The molecule has 2 heteroatoms. The molecule has 12 heavy (non-hydrogen) atoms. The lowest BCUT2D eigenvalue weighted by Gasteiger charge is -2.20. The summed E-state index contributed by atoms with van der Waals surface area (Å²) in [5, 5.41) is 0. The summed E-state index contributed by atoms with van der Waals surface area (Å²) in [6.07, 6.45) is 10.2. The molecule has 0 saturated heterocycles. The van der Waals surface area contributed by atoms with Crippen LogP contribution in [0.2, 0.25) is 0 Å². The normalized spacial score (nSPS) is 25.5. The van der Waals surface area contributed by atoms with Gasteiger partial charge >= 0.3 is 0 Å². The van der Waals surface area contributed by atoms with Crippen LogP contribution in [0.5, 0.6) is 0 Å². The molecular formula is C10H8O2. The zero-order valence-corrected chi connectivity index (χ0v) is 6.49. The van der Waals surface area contributed by atoms with Crippen molar-refractivity contribution in [1.29, 1.82) is 0 Å². The van der Waals surface area contributed by atoms with E-state index in [0.29, 0.717) is 18.1 Å². The van der Waals surface area contributed by atoms with E-state index in [4.69, 9.17) is 4.74 Å². The van der Waals surface area contributed by atoms with Gasteiger partial charge in [0.15, 0.2) is 11.7 Å². The molecule has 0 N–H and O–H groups in total. The summed E-state index contributed by atoms with van der Waals surface area (Å²) < 4.78 is 5.04. The fourth-order valence-electron chi connectivity index (χ4n) is 1.36. The average Bonchev–Trinajstić information content (AvgIpc) is 2.17. The van der Waals surface area contributed by atoms with Crippen molar-refractivity contribution in [3.63, 3.8) is 0 Å². The Hall–Kier alpha value is -1.53. The van der Waals surface area contributed by atoms with Gasteiger partial charge in [0.1, 0.15) is 0 Å². The van der Waals surface area contributed by atoms with Gasteiger partial charge in [-0.05, 0) is 5.57 Å². The molecule has 1 aliphatic carbocycles. The van der Waals surface area contributed by atoms with Crippen molar-refractivity contribution in [1.82, 2.24) is 0 Å². The number of allylic oxidation sites excluding steroid dienone is 6. The van der Waals surface area contributed by atoms with Crippen molar-refractivity contribution in [3.05, 3.63) is 41.9 Å². The maximum absolute atomic E-state index is 10.3. The molecule has 60 valence electrons. The van der Waals surface area contributed by atoms with Gasteiger partial charge < -0.3 is 4.74 Å². The van der Waals surface area contributed by atoms with E-state index in [0.717, 1.165) is 5.57 Å². The predicted octanol–water partition coefficient (Wildman–Crippen LogP) is 1.75. The van der Waals surface area contributed by atoms with Crippen molar-refractivity contribution in [3.8, 4) is 0 Å². The van der Waals surface area contributed by atoms with Gasteiger partial charge in [-0.2, -0.15) is 0 Å². The van der Waals surface area contributed by atoms with E-state index in [1.807, 2.05) is 18.2 Å². The van der Waals surface area contributed by atoms with E-state index < -0.39 is 0 Å². The van der Waals surface area contributed by atoms with Crippen molar-refractivity contribution in [2.75, 3.05) is 0 Å². The second-order valence-corrected chi connectivity index (χ2v) is 2.82. The minimum absolute atomic E-state index is 0.306. The smallest absolute Gasteiger partial charge is 0.187 e. The minimum atomic E-state index is 0.306. The van der Waals surface area contributed by atoms with Gasteiger partial charge in [0.2, 0.25) is 0 Å². The molecule has 0 aromatic carbocycles. The number of hydrogen-bond acceptors (Lipinski definition) is 2. The van der Waals surface area contributed by atoms with Crippen LogP contribution in [0.25, 0.3) is 0 Å². The van der Waals surface area contributed by atoms with Crippen LogP contribution in [0.4, 0.5) is 0 Å². The predicted molar refractivity (Wildman–Crippen MR) is 44.8 cm³/mol. The van der Waals surface area contributed by atoms with Crippen LogP contribution in [-0.2, 0) is 9.53 Å². The number of hydrogen-bond donors (Lipinski definition) is 0. The standard InChI is InChI=1S/C10H8O2/c11-6-10-5-8-3-1-2-4-9(8)7-12-10/h1-4,7-8H,5H2. The molecule has 0 radical (unpaired) electrons. The molecule has 0 fully saturated rings. The lowest BCUT2D eigenvalue weighted by molar-refractivity contribution is 0.301. The van der Waals surface area contributed by atoms with E-state index in [2.05, 4.69) is 6.08 Å². The Balaban J connectivity index is 2.31. The first-order chi connectivity index (χ1) is 5.90. The molecule has 0 aromatic rings. The van der Waals surface area contributed by atoms with E-state index in [1.165, 1.54) is 0 Å². The highest BCUT2D eigenvalue weighted by molar-refractivity contribution is 5.52. The summed E-state index contributed by atoms with van der Waals surface area (Å²) in [5.74, 6) is 2.48. The van der Waals surface area contributed by atoms with Gasteiger partial charge in [-0.25, -0.2) is 4.79 Å². The Labute approximate surface area is 70.5 Å². The molecule has 0 spiro atoms. The number of ether oxygens (including phenoxy) is 1. The number of carbonyl (C=O) groups excluding carboxylic acids is 1. The first-order valence-corrected chi connectivity index (χ1v) is 3.86. The molecule has 0 saturated carbocycles. The van der Waals surface area contributed by atoms with Crippen LogP contribution in [-0.4, -0.2) is 5.94 Å². The van der Waals surface area contributed by atoms with Gasteiger partial charge in [0, 0.05) is 12.3 Å². The second kappa shape index (κ2) is 2.84. The van der Waals surface area contributed by atoms with Gasteiger partial charge in [0.05, 0.1) is 6.26 Å². The highest BCUT2D eigenvalue weighted by atomic mass is 16.5. The summed E-state index contributed by atoms with van der Waals surface area (Å²) in [7, 11) is 0. The molecular weight excluding hydrogens is 152 g/mol. The van der Waals surface area contributed by atoms with Crippen LogP contribution in [0.15, 0.2) is 41.9 Å². The summed E-state index contributed by atoms with van der Waals surface area (Å²) in [6.45, 7) is 0. The Bertz CT molecular complexity index is 328. The summed E-state index contributed by atoms with van der Waals surface area (Å²) >= 11 is 0. The summed E-state index contributed by atoms with van der Waals surface area (Å²) in [4.78, 5) is 10.3. The molecule has 0 bridgehead atoms. The van der Waals surface area contributed by atoms with Crippen LogP contribution in [0, 0.1) is 5.92 Å². The van der Waals surface area contributed by atoms with Crippen molar-refractivity contribution in [2.24, 2.45) is 5.92 Å². The molecule has 2 aliphatic rings. The number of rotatable bonds is 0. The van der Waals surface area contributed by atoms with Crippen LogP contribution in [0.3, 0.4) is 0 Å². The Morgan fingerprint density at radius 2 is 2.42 bits per heavy atom. The Kier molecular flexibility index (Phi) is 1.69. The highest BCUT2D eigenvalue weighted by Gasteiger charge is 2.19. The fraction of sp³-hybridized carbons (Fsp3) is 0.200. The summed E-state index contributed by atoms with van der Waals surface area (Å²) in [5.41, 5.74) is 1.12. The second-order valence-electron chi connectivity index (χ2n) is 2.82. The molecule has 2 rings (SSSR count). The summed E-state index contributed by atoms with van der Waals surface area (Å²) in [6, 6.07) is 0. The quantitative estimate of drug-likeness (QED) is 0.504. The zero-order valence-electron chi connectivity index (χ0n) is 6.49. The van der Waals surface area contributed by atoms with Gasteiger partial charge in [-0.15, -0.1) is 0 Å². The van der Waals surface area contributed by atoms with Crippen molar-refractivity contribution >= 4 is 5.94 Å². The third kappa shape index (κ3) is 1.13. The molecule has 1 aliphatic heterocycles. The Morgan fingerprint density at radius 3 is 3.25 bits per heavy atom. The van der Waals surface area contributed by atoms with Crippen LogP contribution in [0.1, 0.15) is 6.42 Å². The molecule has 2 nitrogen and oxygen atoms in total. The molecule has 1 atom stereocenters. The molecule has 1 heterocycles. The lowest BCUT2D eigenvalue weighted by atomic mass is 9.91. The minimum Gasteiger partial charge on any atom is -0.457 e. The highest BCUT2D eigenvalue weighted by Crippen LogP contribution is 2.29. The topological polar surface area (TPSA) is 26.3 Å². The largest absolute Gasteiger partial charge is 0.457 e. The van der Waals surface area contributed by atoms with E-state index in [9.17, 15) is 4.79 Å². The fourth-order valence-corrected chi connectivity index (χ4v) is 1.36. The van der Waals surface area contributed by atoms with Crippen LogP contribution >= 0.6 is 0 Å². The maximum atomic E-state index is 10.3. The van der Waals surface area contributed by atoms with E-state index >= 15 is 0 Å². The van der Waals surface area contributed by atoms with Gasteiger partial charge in [-0.3, -0.25) is 0 Å². The van der Waals surface area contributed by atoms with Crippen molar-refractivity contribution < 1.29 is 9.53 Å². The van der Waals surface area contributed by atoms with Crippen molar-refractivity contribution in [2.45, 2.75) is 6.42 Å². The first kappa shape index (κ1) is 7.14. The van der Waals surface area contributed by atoms with E-state index in [1.54, 1.807) is 12.2 Å².